The first-order chi connectivity index (χ1) is 12.8. The maximum Gasteiger partial charge on any atom is 0.338 e. The normalized spacial score (nSPS) is 11.6. The van der Waals surface area contributed by atoms with E-state index in [9.17, 15) is 9.59 Å². The maximum atomic E-state index is 12.4. The average Bonchev–Trinajstić information content (AvgIpc) is 2.67. The van der Waals surface area contributed by atoms with Crippen molar-refractivity contribution in [3.05, 3.63) is 53.6 Å². The van der Waals surface area contributed by atoms with Gasteiger partial charge < -0.3 is 18.9 Å². The monoisotopic (exact) mass is 372 g/mol. The van der Waals surface area contributed by atoms with E-state index in [4.69, 9.17) is 18.9 Å². The number of methoxy groups -OCH3 is 2. The van der Waals surface area contributed by atoms with Crippen LogP contribution >= 0.6 is 0 Å². The second kappa shape index (κ2) is 9.07. The van der Waals surface area contributed by atoms with E-state index < -0.39 is 12.1 Å². The highest BCUT2D eigenvalue weighted by Gasteiger charge is 2.21. The summed E-state index contributed by atoms with van der Waals surface area (Å²) in [4.78, 5) is 24.8. The molecular weight excluding hydrogens is 348 g/mol. The van der Waals surface area contributed by atoms with Gasteiger partial charge in [-0.2, -0.15) is 0 Å². The van der Waals surface area contributed by atoms with Crippen LogP contribution in [0.5, 0.6) is 17.2 Å². The van der Waals surface area contributed by atoms with Gasteiger partial charge >= 0.3 is 5.97 Å². The molecule has 0 aliphatic heterocycles. The molecule has 0 aliphatic carbocycles. The second-order valence-corrected chi connectivity index (χ2v) is 6.17. The average molecular weight is 372 g/mol. The summed E-state index contributed by atoms with van der Waals surface area (Å²) in [7, 11) is 3.04. The largest absolute Gasteiger partial charge is 0.497 e. The summed E-state index contributed by atoms with van der Waals surface area (Å²) in [6.45, 7) is 5.33. The summed E-state index contributed by atoms with van der Waals surface area (Å²) < 4.78 is 21.3. The number of carbonyl (C=O) groups excluding carboxylic acids is 2. The molecule has 144 valence electrons. The molecule has 0 bridgehead atoms. The Balaban J connectivity index is 2.09. The Kier molecular flexibility index (Phi) is 6.82. The Morgan fingerprint density at radius 2 is 1.44 bits per heavy atom. The van der Waals surface area contributed by atoms with Gasteiger partial charge in [0.25, 0.3) is 0 Å². The van der Waals surface area contributed by atoms with Gasteiger partial charge in [0.2, 0.25) is 5.78 Å². The van der Waals surface area contributed by atoms with Crippen LogP contribution in [0.25, 0.3) is 0 Å². The van der Waals surface area contributed by atoms with Gasteiger partial charge in [0, 0.05) is 5.56 Å². The minimum absolute atomic E-state index is 0.0289. The van der Waals surface area contributed by atoms with Crippen molar-refractivity contribution in [3.8, 4) is 17.2 Å². The molecule has 27 heavy (non-hydrogen) atoms. The highest BCUT2D eigenvalue weighted by molar-refractivity contribution is 6.01. The fraction of sp³-hybridized carbons (Fsp3) is 0.333. The molecule has 0 fully saturated rings. The number of ketones is 1. The first kappa shape index (κ1) is 20.3. The number of esters is 1. The number of Topliss-reactive ketones (excluding diaryl/α,β-unsaturated/α-hetero) is 1. The van der Waals surface area contributed by atoms with E-state index in [0.717, 1.165) is 0 Å². The smallest absolute Gasteiger partial charge is 0.338 e. The Labute approximate surface area is 159 Å². The molecule has 2 aromatic carbocycles. The maximum absolute atomic E-state index is 12.4. The third-order valence-corrected chi connectivity index (χ3v) is 3.79. The molecule has 0 saturated carbocycles. The van der Waals surface area contributed by atoms with Crippen molar-refractivity contribution in [2.45, 2.75) is 33.0 Å². The van der Waals surface area contributed by atoms with E-state index in [0.29, 0.717) is 22.8 Å². The third-order valence-electron chi connectivity index (χ3n) is 3.79. The number of rotatable bonds is 8. The summed E-state index contributed by atoms with van der Waals surface area (Å²) in [5.41, 5.74) is 0.715. The first-order valence-electron chi connectivity index (χ1n) is 8.59. The summed E-state index contributed by atoms with van der Waals surface area (Å²) in [6, 6.07) is 11.4. The zero-order valence-electron chi connectivity index (χ0n) is 16.1. The van der Waals surface area contributed by atoms with Crippen molar-refractivity contribution in [3.63, 3.8) is 0 Å². The molecule has 6 heteroatoms. The fourth-order valence-electron chi connectivity index (χ4n) is 2.42. The van der Waals surface area contributed by atoms with Crippen LogP contribution in [0.1, 0.15) is 41.5 Å². The highest BCUT2D eigenvalue weighted by Crippen LogP contribution is 2.29. The van der Waals surface area contributed by atoms with Gasteiger partial charge in [-0.1, -0.05) is 0 Å². The quantitative estimate of drug-likeness (QED) is 0.517. The minimum Gasteiger partial charge on any atom is -0.497 e. The van der Waals surface area contributed by atoms with E-state index in [-0.39, 0.29) is 17.5 Å². The minimum atomic E-state index is -0.927. The van der Waals surface area contributed by atoms with Gasteiger partial charge in [0.05, 0.1) is 25.9 Å². The van der Waals surface area contributed by atoms with Crippen LogP contribution in [0.2, 0.25) is 0 Å². The van der Waals surface area contributed by atoms with Crippen LogP contribution < -0.4 is 14.2 Å². The Morgan fingerprint density at radius 3 is 2.00 bits per heavy atom. The fourth-order valence-corrected chi connectivity index (χ4v) is 2.42. The summed E-state index contributed by atoms with van der Waals surface area (Å²) >= 11 is 0. The van der Waals surface area contributed by atoms with Crippen LogP contribution in [-0.4, -0.2) is 38.2 Å². The summed E-state index contributed by atoms with van der Waals surface area (Å²) in [6.07, 6.45) is -0.956. The molecule has 2 rings (SSSR count). The number of hydrogen-bond donors (Lipinski definition) is 0. The molecule has 0 spiro atoms. The lowest BCUT2D eigenvalue weighted by Crippen LogP contribution is -2.24. The molecule has 0 saturated heterocycles. The van der Waals surface area contributed by atoms with Gasteiger partial charge in [-0.25, -0.2) is 4.79 Å². The van der Waals surface area contributed by atoms with Gasteiger partial charge in [-0.15, -0.1) is 0 Å². The van der Waals surface area contributed by atoms with E-state index >= 15 is 0 Å². The molecule has 6 nitrogen and oxygen atoms in total. The lowest BCUT2D eigenvalue weighted by molar-refractivity contribution is 0.0318. The van der Waals surface area contributed by atoms with E-state index in [1.165, 1.54) is 20.1 Å². The third kappa shape index (κ3) is 5.23. The second-order valence-electron chi connectivity index (χ2n) is 6.17. The van der Waals surface area contributed by atoms with Crippen LogP contribution in [0.3, 0.4) is 0 Å². The Hall–Kier alpha value is -3.02. The van der Waals surface area contributed by atoms with Gasteiger partial charge in [0.15, 0.2) is 17.6 Å². The highest BCUT2D eigenvalue weighted by atomic mass is 16.5. The molecular formula is C21H24O6. The molecule has 1 unspecified atom stereocenters. The van der Waals surface area contributed by atoms with Crippen molar-refractivity contribution < 1.29 is 28.5 Å². The molecule has 0 aliphatic rings. The molecule has 0 radical (unpaired) electrons. The predicted octanol–water partition coefficient (Wildman–Crippen LogP) is 3.92. The van der Waals surface area contributed by atoms with Gasteiger partial charge in [0.1, 0.15) is 5.75 Å². The van der Waals surface area contributed by atoms with Crippen molar-refractivity contribution in [1.29, 1.82) is 0 Å². The van der Waals surface area contributed by atoms with E-state index in [1.807, 2.05) is 13.8 Å². The lowest BCUT2D eigenvalue weighted by Gasteiger charge is -2.15. The van der Waals surface area contributed by atoms with Crippen LogP contribution in [0, 0.1) is 0 Å². The number of hydrogen-bond acceptors (Lipinski definition) is 6. The Bertz CT molecular complexity index is 795. The van der Waals surface area contributed by atoms with Crippen LogP contribution in [-0.2, 0) is 4.74 Å². The van der Waals surface area contributed by atoms with Crippen molar-refractivity contribution in [1.82, 2.24) is 0 Å². The Morgan fingerprint density at radius 1 is 0.815 bits per heavy atom. The summed E-state index contributed by atoms with van der Waals surface area (Å²) in [5, 5.41) is 0. The lowest BCUT2D eigenvalue weighted by atomic mass is 10.1. The van der Waals surface area contributed by atoms with E-state index in [2.05, 4.69) is 0 Å². The zero-order valence-corrected chi connectivity index (χ0v) is 16.1. The van der Waals surface area contributed by atoms with Crippen molar-refractivity contribution in [2.75, 3.05) is 14.2 Å². The summed E-state index contributed by atoms with van der Waals surface area (Å²) in [5.74, 6) is 0.696. The SMILES string of the molecule is COc1ccc(C(=O)C(C)OC(=O)c2ccc(OC(C)C)c(OC)c2)cc1. The molecule has 1 atom stereocenters. The van der Waals surface area contributed by atoms with Crippen molar-refractivity contribution in [2.24, 2.45) is 0 Å². The van der Waals surface area contributed by atoms with Crippen LogP contribution in [0.15, 0.2) is 42.5 Å². The molecule has 0 aromatic heterocycles. The van der Waals surface area contributed by atoms with Gasteiger partial charge in [-0.05, 0) is 63.2 Å². The molecule has 0 heterocycles. The molecule has 0 N–H and O–H groups in total. The molecule has 0 amide bonds. The zero-order chi connectivity index (χ0) is 20.0. The van der Waals surface area contributed by atoms with Crippen molar-refractivity contribution >= 4 is 11.8 Å². The number of carbonyl (C=O) groups is 2. The topological polar surface area (TPSA) is 71.1 Å². The molecule has 2 aromatic rings. The number of ether oxygens (including phenoxy) is 4. The first-order valence-corrected chi connectivity index (χ1v) is 8.59. The predicted molar refractivity (Wildman–Crippen MR) is 101 cm³/mol. The van der Waals surface area contributed by atoms with Gasteiger partial charge in [-0.3, -0.25) is 4.79 Å². The standard InChI is InChI=1S/C21H24O6/c1-13(2)26-18-11-8-16(12-19(18)25-5)21(23)27-14(3)20(22)15-6-9-17(24-4)10-7-15/h6-14H,1-5H3. The van der Waals surface area contributed by atoms with E-state index in [1.54, 1.807) is 43.5 Å². The number of benzene rings is 2. The van der Waals surface area contributed by atoms with Crippen LogP contribution in [0.4, 0.5) is 0 Å².